The number of rotatable bonds is 20. The first-order chi connectivity index (χ1) is 16.3. The van der Waals surface area contributed by atoms with Crippen molar-refractivity contribution in [3.8, 4) is 5.75 Å². The molecule has 0 amide bonds. The Hall–Kier alpha value is -1.48. The van der Waals surface area contributed by atoms with E-state index in [0.29, 0.717) is 0 Å². The van der Waals surface area contributed by atoms with Gasteiger partial charge in [0.2, 0.25) is 0 Å². The minimum Gasteiger partial charge on any atom is -0.494 e. The highest BCUT2D eigenvalue weighted by Crippen LogP contribution is 2.21. The van der Waals surface area contributed by atoms with Crippen molar-refractivity contribution in [2.75, 3.05) is 44.2 Å². The van der Waals surface area contributed by atoms with Crippen molar-refractivity contribution in [2.45, 2.75) is 103 Å². The SMILES string of the molecule is C=CCCCCCOc1ccc(N2CCN(CCCCCCCCCCCCC)CC2)cc1. The highest BCUT2D eigenvalue weighted by atomic mass is 16.5. The van der Waals surface area contributed by atoms with Crippen LogP contribution in [0.4, 0.5) is 5.69 Å². The van der Waals surface area contributed by atoms with Gasteiger partial charge in [-0.15, -0.1) is 6.58 Å². The molecule has 0 radical (unpaired) electrons. The van der Waals surface area contributed by atoms with Crippen molar-refractivity contribution >= 4 is 5.69 Å². The van der Waals surface area contributed by atoms with Crippen molar-refractivity contribution in [1.29, 1.82) is 0 Å². The van der Waals surface area contributed by atoms with E-state index in [1.165, 1.54) is 109 Å². The smallest absolute Gasteiger partial charge is 0.119 e. The molecule has 1 aromatic rings. The first-order valence-corrected chi connectivity index (χ1v) is 14.1. The van der Waals surface area contributed by atoms with Crippen LogP contribution in [0.5, 0.6) is 5.75 Å². The van der Waals surface area contributed by atoms with Gasteiger partial charge in [0.1, 0.15) is 5.75 Å². The molecule has 1 aliphatic rings. The maximum atomic E-state index is 5.90. The molecule has 0 N–H and O–H groups in total. The molecule has 0 aliphatic carbocycles. The monoisotopic (exact) mass is 456 g/mol. The summed E-state index contributed by atoms with van der Waals surface area (Å²) in [4.78, 5) is 5.18. The molecule has 3 nitrogen and oxygen atoms in total. The summed E-state index contributed by atoms with van der Waals surface area (Å²) in [6.07, 6.45) is 22.4. The largest absolute Gasteiger partial charge is 0.494 e. The molecule has 1 heterocycles. The summed E-state index contributed by atoms with van der Waals surface area (Å²) in [6.45, 7) is 12.8. The summed E-state index contributed by atoms with van der Waals surface area (Å²) in [5.74, 6) is 0.998. The Labute approximate surface area is 205 Å². The van der Waals surface area contributed by atoms with Crippen molar-refractivity contribution < 1.29 is 4.74 Å². The van der Waals surface area contributed by atoms with Crippen LogP contribution in [-0.4, -0.2) is 44.2 Å². The number of nitrogens with zero attached hydrogens (tertiary/aromatic N) is 2. The zero-order chi connectivity index (χ0) is 23.4. The van der Waals surface area contributed by atoms with Crippen LogP contribution < -0.4 is 9.64 Å². The summed E-state index contributed by atoms with van der Waals surface area (Å²) < 4.78 is 5.90. The van der Waals surface area contributed by atoms with Gasteiger partial charge >= 0.3 is 0 Å². The molecule has 33 heavy (non-hydrogen) atoms. The number of benzene rings is 1. The van der Waals surface area contributed by atoms with Gasteiger partial charge in [-0.3, -0.25) is 4.90 Å². The second-order valence-corrected chi connectivity index (χ2v) is 9.84. The number of hydrogen-bond acceptors (Lipinski definition) is 3. The fourth-order valence-electron chi connectivity index (χ4n) is 4.74. The summed E-state index contributed by atoms with van der Waals surface area (Å²) in [7, 11) is 0. The van der Waals surface area contributed by atoms with Crippen LogP contribution in [0.2, 0.25) is 0 Å². The molecule has 1 aromatic carbocycles. The van der Waals surface area contributed by atoms with E-state index >= 15 is 0 Å². The van der Waals surface area contributed by atoms with Gasteiger partial charge in [-0.25, -0.2) is 0 Å². The lowest BCUT2D eigenvalue weighted by Crippen LogP contribution is -2.46. The maximum absolute atomic E-state index is 5.90. The molecule has 3 heteroatoms. The zero-order valence-electron chi connectivity index (χ0n) is 21.7. The van der Waals surface area contributed by atoms with E-state index < -0.39 is 0 Å². The van der Waals surface area contributed by atoms with Gasteiger partial charge in [0.25, 0.3) is 0 Å². The third kappa shape index (κ3) is 13.1. The zero-order valence-corrected chi connectivity index (χ0v) is 21.7. The molecule has 2 rings (SSSR count). The third-order valence-electron chi connectivity index (χ3n) is 6.97. The van der Waals surface area contributed by atoms with E-state index in [1.54, 1.807) is 0 Å². The molecule has 1 fully saturated rings. The second kappa shape index (κ2) is 18.9. The highest BCUT2D eigenvalue weighted by Gasteiger charge is 2.16. The van der Waals surface area contributed by atoms with Gasteiger partial charge in [0.05, 0.1) is 6.61 Å². The van der Waals surface area contributed by atoms with Gasteiger partial charge < -0.3 is 9.64 Å². The molecule has 0 spiro atoms. The van der Waals surface area contributed by atoms with E-state index in [-0.39, 0.29) is 0 Å². The Bertz CT molecular complexity index is 577. The lowest BCUT2D eigenvalue weighted by atomic mass is 10.1. The van der Waals surface area contributed by atoms with E-state index in [1.807, 2.05) is 6.08 Å². The quantitative estimate of drug-likeness (QED) is 0.145. The van der Waals surface area contributed by atoms with E-state index in [9.17, 15) is 0 Å². The molecule has 0 unspecified atom stereocenters. The van der Waals surface area contributed by atoms with Crippen LogP contribution in [0.1, 0.15) is 103 Å². The van der Waals surface area contributed by atoms with Crippen LogP contribution in [0.3, 0.4) is 0 Å². The van der Waals surface area contributed by atoms with Crippen LogP contribution >= 0.6 is 0 Å². The van der Waals surface area contributed by atoms with Crippen molar-refractivity contribution in [2.24, 2.45) is 0 Å². The van der Waals surface area contributed by atoms with Gasteiger partial charge in [-0.05, 0) is 62.9 Å². The lowest BCUT2D eigenvalue weighted by molar-refractivity contribution is 0.252. The minimum absolute atomic E-state index is 0.814. The molecule has 0 saturated carbocycles. The number of anilines is 1. The summed E-state index contributed by atoms with van der Waals surface area (Å²) in [5.41, 5.74) is 1.34. The first-order valence-electron chi connectivity index (χ1n) is 14.1. The number of ether oxygens (including phenoxy) is 1. The standard InChI is InChI=1S/C30H52N2O/c1-3-5-7-9-10-11-12-13-14-15-17-23-31-24-26-32(27-25-31)29-19-21-30(22-20-29)33-28-18-16-8-6-4-2/h4,19-22H,2-3,5-18,23-28H2,1H3. The molecule has 0 atom stereocenters. The molecule has 188 valence electrons. The minimum atomic E-state index is 0.814. The molecule has 0 bridgehead atoms. The summed E-state index contributed by atoms with van der Waals surface area (Å²) in [6, 6.07) is 8.73. The van der Waals surface area contributed by atoms with Gasteiger partial charge in [-0.1, -0.05) is 77.2 Å². The van der Waals surface area contributed by atoms with Crippen molar-refractivity contribution in [3.05, 3.63) is 36.9 Å². The van der Waals surface area contributed by atoms with Crippen LogP contribution in [0.25, 0.3) is 0 Å². The number of piperazine rings is 1. The van der Waals surface area contributed by atoms with Crippen LogP contribution in [0.15, 0.2) is 36.9 Å². The van der Waals surface area contributed by atoms with Crippen molar-refractivity contribution in [3.63, 3.8) is 0 Å². The molecule has 1 aliphatic heterocycles. The highest BCUT2D eigenvalue weighted by molar-refractivity contribution is 5.49. The fourth-order valence-corrected chi connectivity index (χ4v) is 4.74. The Morgan fingerprint density at radius 1 is 0.727 bits per heavy atom. The molecular formula is C30H52N2O. The van der Waals surface area contributed by atoms with Crippen LogP contribution in [-0.2, 0) is 0 Å². The van der Waals surface area contributed by atoms with Crippen LogP contribution in [0, 0.1) is 0 Å². The Morgan fingerprint density at radius 2 is 1.30 bits per heavy atom. The maximum Gasteiger partial charge on any atom is 0.119 e. The summed E-state index contributed by atoms with van der Waals surface area (Å²) in [5, 5.41) is 0. The average Bonchev–Trinajstić information content (AvgIpc) is 2.85. The third-order valence-corrected chi connectivity index (χ3v) is 6.97. The molecular weight excluding hydrogens is 404 g/mol. The predicted molar refractivity (Wildman–Crippen MR) is 146 cm³/mol. The number of allylic oxidation sites excluding steroid dienone is 1. The molecule has 1 saturated heterocycles. The van der Waals surface area contributed by atoms with E-state index in [0.717, 1.165) is 38.3 Å². The Balaban J connectivity index is 1.47. The second-order valence-electron chi connectivity index (χ2n) is 9.84. The number of unbranched alkanes of at least 4 members (excludes halogenated alkanes) is 13. The Kier molecular flexibility index (Phi) is 15.9. The van der Waals surface area contributed by atoms with Crippen molar-refractivity contribution in [1.82, 2.24) is 4.90 Å². The summed E-state index contributed by atoms with van der Waals surface area (Å²) >= 11 is 0. The van der Waals surface area contributed by atoms with E-state index in [4.69, 9.17) is 4.74 Å². The molecule has 0 aromatic heterocycles. The van der Waals surface area contributed by atoms with Gasteiger partial charge in [-0.2, -0.15) is 0 Å². The normalized spacial score (nSPS) is 14.5. The van der Waals surface area contributed by atoms with E-state index in [2.05, 4.69) is 47.6 Å². The fraction of sp³-hybridized carbons (Fsp3) is 0.733. The first kappa shape index (κ1) is 27.8. The average molecular weight is 457 g/mol. The van der Waals surface area contributed by atoms with Gasteiger partial charge in [0, 0.05) is 31.9 Å². The topological polar surface area (TPSA) is 15.7 Å². The Morgan fingerprint density at radius 3 is 1.91 bits per heavy atom. The number of hydrogen-bond donors (Lipinski definition) is 0. The lowest BCUT2D eigenvalue weighted by Gasteiger charge is -2.36. The van der Waals surface area contributed by atoms with Gasteiger partial charge in [0.15, 0.2) is 0 Å². The predicted octanol–water partition coefficient (Wildman–Crippen LogP) is 8.24.